The van der Waals surface area contributed by atoms with Crippen LogP contribution in [0.4, 0.5) is 0 Å². The molecule has 4 rings (SSSR count). The molecular weight excluding hydrogens is 444 g/mol. The average molecular weight is 467 g/mol. The fraction of sp³-hybridized carbons (Fsp3) is 0.250. The van der Waals surface area contributed by atoms with Crippen LogP contribution in [0.5, 0.6) is 11.5 Å². The molecule has 0 unspecified atom stereocenters. The zero-order valence-electron chi connectivity index (χ0n) is 16.8. The largest absolute Gasteiger partial charge is 0.496 e. The van der Waals surface area contributed by atoms with Crippen LogP contribution in [0.15, 0.2) is 58.1 Å². The number of hydrogen-bond acceptors (Lipinski definition) is 4. The molecule has 0 atom stereocenters. The molecule has 1 amide bonds. The van der Waals surface area contributed by atoms with Crippen molar-refractivity contribution < 1.29 is 14.3 Å². The first kappa shape index (κ1) is 20.4. The SMILES string of the molecule is COc1ccc2ccccc2c1C=NNC(=O)COc1ccc2c(c1Br)CCCC2. The Bertz CT molecular complexity index is 1110. The zero-order valence-corrected chi connectivity index (χ0v) is 18.4. The van der Waals surface area contributed by atoms with E-state index in [0.717, 1.165) is 33.7 Å². The molecule has 0 aromatic heterocycles. The molecule has 0 heterocycles. The molecule has 154 valence electrons. The number of carbonyl (C=O) groups is 1. The monoisotopic (exact) mass is 466 g/mol. The number of hydrazone groups is 1. The van der Waals surface area contributed by atoms with Crippen molar-refractivity contribution in [1.29, 1.82) is 0 Å². The number of fused-ring (bicyclic) bond motifs is 2. The van der Waals surface area contributed by atoms with Gasteiger partial charge in [-0.25, -0.2) is 5.43 Å². The van der Waals surface area contributed by atoms with Gasteiger partial charge in [-0.3, -0.25) is 4.79 Å². The van der Waals surface area contributed by atoms with Crippen molar-refractivity contribution in [2.24, 2.45) is 5.10 Å². The van der Waals surface area contributed by atoms with Crippen molar-refractivity contribution in [3.8, 4) is 11.5 Å². The smallest absolute Gasteiger partial charge is 0.277 e. The van der Waals surface area contributed by atoms with E-state index in [1.165, 1.54) is 24.0 Å². The fourth-order valence-electron chi connectivity index (χ4n) is 3.80. The number of rotatable bonds is 6. The number of methoxy groups -OCH3 is 1. The Morgan fingerprint density at radius 1 is 1.10 bits per heavy atom. The number of nitrogens with zero attached hydrogens (tertiary/aromatic N) is 1. The van der Waals surface area contributed by atoms with Gasteiger partial charge in [0.1, 0.15) is 11.5 Å². The quantitative estimate of drug-likeness (QED) is 0.409. The lowest BCUT2D eigenvalue weighted by atomic mass is 9.92. The van der Waals surface area contributed by atoms with Gasteiger partial charge in [0.05, 0.1) is 17.8 Å². The summed E-state index contributed by atoms with van der Waals surface area (Å²) in [5, 5.41) is 6.19. The van der Waals surface area contributed by atoms with E-state index in [2.05, 4.69) is 32.5 Å². The molecule has 0 saturated carbocycles. The summed E-state index contributed by atoms with van der Waals surface area (Å²) in [7, 11) is 1.62. The summed E-state index contributed by atoms with van der Waals surface area (Å²) in [5.41, 5.74) is 6.00. The number of aryl methyl sites for hydroxylation is 1. The van der Waals surface area contributed by atoms with Crippen molar-refractivity contribution in [3.05, 3.63) is 69.7 Å². The third kappa shape index (κ3) is 4.33. The molecule has 0 aliphatic heterocycles. The Morgan fingerprint density at radius 3 is 2.77 bits per heavy atom. The number of benzene rings is 3. The van der Waals surface area contributed by atoms with Gasteiger partial charge >= 0.3 is 0 Å². The van der Waals surface area contributed by atoms with Gasteiger partial charge in [0.2, 0.25) is 0 Å². The van der Waals surface area contributed by atoms with Crippen LogP contribution in [-0.2, 0) is 17.6 Å². The van der Waals surface area contributed by atoms with Crippen molar-refractivity contribution >= 4 is 38.8 Å². The molecule has 3 aromatic rings. The predicted molar refractivity (Wildman–Crippen MR) is 123 cm³/mol. The maximum Gasteiger partial charge on any atom is 0.277 e. The Balaban J connectivity index is 1.41. The third-order valence-corrected chi connectivity index (χ3v) is 6.19. The number of ether oxygens (including phenoxy) is 2. The molecule has 0 saturated heterocycles. The Morgan fingerprint density at radius 2 is 1.90 bits per heavy atom. The standard InChI is InChI=1S/C24H23BrN2O3/c1-29-21-12-10-16-6-2-4-8-18(16)20(21)14-26-27-23(28)15-30-22-13-11-17-7-3-5-9-19(17)24(22)25/h2,4,6,8,10-14H,3,5,7,9,15H2,1H3,(H,27,28). The van der Waals surface area contributed by atoms with E-state index in [9.17, 15) is 4.79 Å². The highest BCUT2D eigenvalue weighted by Crippen LogP contribution is 2.35. The second-order valence-corrected chi connectivity index (χ2v) is 8.00. The van der Waals surface area contributed by atoms with Crippen LogP contribution in [0.25, 0.3) is 10.8 Å². The van der Waals surface area contributed by atoms with Crippen LogP contribution >= 0.6 is 15.9 Å². The number of nitrogens with one attached hydrogen (secondary N) is 1. The Kier molecular flexibility index (Phi) is 6.33. The lowest BCUT2D eigenvalue weighted by molar-refractivity contribution is -0.123. The van der Waals surface area contributed by atoms with Crippen LogP contribution in [0, 0.1) is 0 Å². The first-order chi connectivity index (χ1) is 14.7. The summed E-state index contributed by atoms with van der Waals surface area (Å²) >= 11 is 3.64. The highest BCUT2D eigenvalue weighted by atomic mass is 79.9. The summed E-state index contributed by atoms with van der Waals surface area (Å²) in [4.78, 5) is 12.2. The van der Waals surface area contributed by atoms with Gasteiger partial charge in [0, 0.05) is 5.56 Å². The highest BCUT2D eigenvalue weighted by Gasteiger charge is 2.16. The summed E-state index contributed by atoms with van der Waals surface area (Å²) in [6.45, 7) is -0.110. The number of halogens is 1. The maximum atomic E-state index is 12.2. The van der Waals surface area contributed by atoms with E-state index in [4.69, 9.17) is 9.47 Å². The van der Waals surface area contributed by atoms with Gasteiger partial charge in [-0.05, 0) is 75.6 Å². The van der Waals surface area contributed by atoms with Gasteiger partial charge < -0.3 is 9.47 Å². The number of hydrogen-bond donors (Lipinski definition) is 1. The lowest BCUT2D eigenvalue weighted by Gasteiger charge is -2.19. The summed E-state index contributed by atoms with van der Waals surface area (Å²) in [6, 6.07) is 15.9. The molecule has 5 nitrogen and oxygen atoms in total. The van der Waals surface area contributed by atoms with E-state index >= 15 is 0 Å². The van der Waals surface area contributed by atoms with Crippen LogP contribution in [0.1, 0.15) is 29.5 Å². The van der Waals surface area contributed by atoms with Gasteiger partial charge in [-0.2, -0.15) is 5.10 Å². The van der Waals surface area contributed by atoms with Crippen molar-refractivity contribution in [2.75, 3.05) is 13.7 Å². The Labute approximate surface area is 184 Å². The molecule has 0 radical (unpaired) electrons. The normalized spacial score (nSPS) is 13.3. The van der Waals surface area contributed by atoms with Crippen LogP contribution < -0.4 is 14.9 Å². The average Bonchev–Trinajstić information content (AvgIpc) is 2.79. The van der Waals surface area contributed by atoms with Gasteiger partial charge in [0.15, 0.2) is 6.61 Å². The molecule has 30 heavy (non-hydrogen) atoms. The van der Waals surface area contributed by atoms with E-state index < -0.39 is 0 Å². The predicted octanol–water partition coefficient (Wildman–Crippen LogP) is 5.02. The van der Waals surface area contributed by atoms with Gasteiger partial charge in [-0.15, -0.1) is 0 Å². The van der Waals surface area contributed by atoms with E-state index in [0.29, 0.717) is 11.5 Å². The minimum Gasteiger partial charge on any atom is -0.496 e. The van der Waals surface area contributed by atoms with Crippen LogP contribution in [-0.4, -0.2) is 25.8 Å². The first-order valence-electron chi connectivity index (χ1n) is 9.98. The maximum absolute atomic E-state index is 12.2. The minimum atomic E-state index is -0.324. The molecule has 0 bridgehead atoms. The summed E-state index contributed by atoms with van der Waals surface area (Å²) in [5.74, 6) is 1.06. The van der Waals surface area contributed by atoms with Crippen LogP contribution in [0.3, 0.4) is 0 Å². The molecule has 1 N–H and O–H groups in total. The molecule has 1 aliphatic rings. The molecule has 6 heteroatoms. The van der Waals surface area contributed by atoms with E-state index in [1.54, 1.807) is 13.3 Å². The minimum absolute atomic E-state index is 0.110. The fourth-order valence-corrected chi connectivity index (χ4v) is 4.50. The number of carbonyl (C=O) groups excluding carboxylic acids is 1. The van der Waals surface area contributed by atoms with Crippen LogP contribution in [0.2, 0.25) is 0 Å². The topological polar surface area (TPSA) is 59.9 Å². The second kappa shape index (κ2) is 9.30. The second-order valence-electron chi connectivity index (χ2n) is 7.21. The first-order valence-corrected chi connectivity index (χ1v) is 10.8. The van der Waals surface area contributed by atoms with E-state index in [-0.39, 0.29) is 12.5 Å². The lowest BCUT2D eigenvalue weighted by Crippen LogP contribution is -2.24. The molecule has 0 fully saturated rings. The summed E-state index contributed by atoms with van der Waals surface area (Å²) < 4.78 is 12.1. The Hall–Kier alpha value is -2.86. The molecular formula is C24H23BrN2O3. The van der Waals surface area contributed by atoms with Crippen molar-refractivity contribution in [2.45, 2.75) is 25.7 Å². The van der Waals surface area contributed by atoms with Crippen molar-refractivity contribution in [3.63, 3.8) is 0 Å². The van der Waals surface area contributed by atoms with Gasteiger partial charge in [0.25, 0.3) is 5.91 Å². The molecule has 0 spiro atoms. The molecule has 3 aromatic carbocycles. The zero-order chi connectivity index (χ0) is 20.9. The summed E-state index contributed by atoms with van der Waals surface area (Å²) in [6.07, 6.45) is 6.15. The number of amides is 1. The molecule has 1 aliphatic carbocycles. The highest BCUT2D eigenvalue weighted by molar-refractivity contribution is 9.10. The van der Waals surface area contributed by atoms with Crippen molar-refractivity contribution in [1.82, 2.24) is 5.43 Å². The third-order valence-electron chi connectivity index (χ3n) is 5.32. The van der Waals surface area contributed by atoms with E-state index in [1.807, 2.05) is 42.5 Å². The van der Waals surface area contributed by atoms with Gasteiger partial charge in [-0.1, -0.05) is 36.4 Å².